The molecule has 0 aliphatic carbocycles. The quantitative estimate of drug-likeness (QED) is 0.751. The standard InChI is InChI=1S/C14H10Cl2N4/c15-8-4-3-5-9(16)11(8)12-13(19-20-14(12)17)10-6-1-2-7-18-10/h1-7H,(H3,17,19,20). The molecule has 0 saturated carbocycles. The van der Waals surface area contributed by atoms with Crippen LogP contribution in [0.3, 0.4) is 0 Å². The van der Waals surface area contributed by atoms with Crippen molar-refractivity contribution in [1.82, 2.24) is 15.2 Å². The first-order chi connectivity index (χ1) is 9.68. The number of benzene rings is 1. The number of hydrogen-bond donors (Lipinski definition) is 2. The van der Waals surface area contributed by atoms with E-state index in [-0.39, 0.29) is 0 Å². The van der Waals surface area contributed by atoms with Gasteiger partial charge in [-0.05, 0) is 24.3 Å². The zero-order chi connectivity index (χ0) is 14.1. The average molecular weight is 305 g/mol. The van der Waals surface area contributed by atoms with Gasteiger partial charge in [0, 0.05) is 11.8 Å². The summed E-state index contributed by atoms with van der Waals surface area (Å²) in [4.78, 5) is 4.29. The number of anilines is 1. The fraction of sp³-hybridized carbons (Fsp3) is 0. The minimum atomic E-state index is 0.334. The first-order valence-electron chi connectivity index (χ1n) is 5.88. The van der Waals surface area contributed by atoms with Crippen LogP contribution in [0.5, 0.6) is 0 Å². The van der Waals surface area contributed by atoms with Gasteiger partial charge in [0.25, 0.3) is 0 Å². The van der Waals surface area contributed by atoms with Crippen molar-refractivity contribution in [3.05, 3.63) is 52.6 Å². The molecule has 3 rings (SSSR count). The molecule has 0 spiro atoms. The van der Waals surface area contributed by atoms with Gasteiger partial charge < -0.3 is 5.73 Å². The SMILES string of the molecule is Nc1n[nH]c(-c2ccccn2)c1-c1c(Cl)cccc1Cl. The molecule has 3 N–H and O–H groups in total. The van der Waals surface area contributed by atoms with Crippen molar-refractivity contribution in [2.75, 3.05) is 5.73 Å². The highest BCUT2D eigenvalue weighted by molar-refractivity contribution is 6.39. The third-order valence-electron chi connectivity index (χ3n) is 2.93. The van der Waals surface area contributed by atoms with E-state index in [9.17, 15) is 0 Å². The molecular weight excluding hydrogens is 295 g/mol. The zero-order valence-corrected chi connectivity index (χ0v) is 11.8. The number of nitrogens with one attached hydrogen (secondary N) is 1. The zero-order valence-electron chi connectivity index (χ0n) is 10.3. The summed E-state index contributed by atoms with van der Waals surface area (Å²) in [5, 5.41) is 7.97. The first kappa shape index (κ1) is 13.0. The van der Waals surface area contributed by atoms with E-state index >= 15 is 0 Å². The van der Waals surface area contributed by atoms with E-state index < -0.39 is 0 Å². The Hall–Kier alpha value is -2.04. The van der Waals surface area contributed by atoms with Gasteiger partial charge in [-0.1, -0.05) is 35.3 Å². The smallest absolute Gasteiger partial charge is 0.153 e. The lowest BCUT2D eigenvalue weighted by Crippen LogP contribution is -1.91. The molecule has 0 saturated heterocycles. The lowest BCUT2D eigenvalue weighted by Gasteiger charge is -2.08. The molecule has 1 aromatic carbocycles. The first-order valence-corrected chi connectivity index (χ1v) is 6.63. The maximum absolute atomic E-state index is 6.25. The molecule has 0 atom stereocenters. The van der Waals surface area contributed by atoms with Gasteiger partial charge >= 0.3 is 0 Å². The van der Waals surface area contributed by atoms with Gasteiger partial charge in [0.2, 0.25) is 0 Å². The van der Waals surface area contributed by atoms with Crippen LogP contribution in [0.1, 0.15) is 0 Å². The second-order valence-corrected chi connectivity index (χ2v) is 4.98. The third-order valence-corrected chi connectivity index (χ3v) is 3.56. The fourth-order valence-corrected chi connectivity index (χ4v) is 2.63. The number of hydrogen-bond acceptors (Lipinski definition) is 3. The van der Waals surface area contributed by atoms with Gasteiger partial charge in [0.1, 0.15) is 0 Å². The number of rotatable bonds is 2. The molecule has 0 fully saturated rings. The van der Waals surface area contributed by atoms with Gasteiger partial charge in [-0.15, -0.1) is 0 Å². The minimum absolute atomic E-state index is 0.334. The lowest BCUT2D eigenvalue weighted by molar-refractivity contribution is 1.09. The number of aromatic nitrogens is 3. The van der Waals surface area contributed by atoms with Gasteiger partial charge in [-0.2, -0.15) is 5.10 Å². The van der Waals surface area contributed by atoms with Crippen LogP contribution in [0.4, 0.5) is 5.82 Å². The van der Waals surface area contributed by atoms with Gasteiger partial charge in [0.15, 0.2) is 5.82 Å². The molecule has 2 heterocycles. The predicted molar refractivity (Wildman–Crippen MR) is 81.7 cm³/mol. The van der Waals surface area contributed by atoms with Crippen molar-refractivity contribution >= 4 is 29.0 Å². The number of halogens is 2. The maximum atomic E-state index is 6.25. The average Bonchev–Trinajstić information content (AvgIpc) is 2.82. The molecule has 0 bridgehead atoms. The van der Waals surface area contributed by atoms with Crippen LogP contribution >= 0.6 is 23.2 Å². The highest BCUT2D eigenvalue weighted by atomic mass is 35.5. The van der Waals surface area contributed by atoms with Crippen LogP contribution in [0.2, 0.25) is 10.0 Å². The Morgan fingerprint density at radius 3 is 2.35 bits per heavy atom. The molecule has 20 heavy (non-hydrogen) atoms. The molecule has 0 aliphatic rings. The van der Waals surface area contributed by atoms with Gasteiger partial charge in [-0.25, -0.2) is 0 Å². The van der Waals surface area contributed by atoms with Crippen LogP contribution < -0.4 is 5.73 Å². The van der Waals surface area contributed by atoms with Crippen molar-refractivity contribution < 1.29 is 0 Å². The lowest BCUT2D eigenvalue weighted by atomic mass is 10.0. The molecule has 6 heteroatoms. The summed E-state index contributed by atoms with van der Waals surface area (Å²) in [7, 11) is 0. The Morgan fingerprint density at radius 2 is 1.70 bits per heavy atom. The van der Waals surface area contributed by atoms with Crippen molar-refractivity contribution in [2.24, 2.45) is 0 Å². The van der Waals surface area contributed by atoms with Crippen LogP contribution in [-0.2, 0) is 0 Å². The molecule has 0 unspecified atom stereocenters. The van der Waals surface area contributed by atoms with Crippen molar-refractivity contribution in [1.29, 1.82) is 0 Å². The summed E-state index contributed by atoms with van der Waals surface area (Å²) >= 11 is 12.5. The summed E-state index contributed by atoms with van der Waals surface area (Å²) < 4.78 is 0. The van der Waals surface area contributed by atoms with E-state index in [0.29, 0.717) is 32.7 Å². The largest absolute Gasteiger partial charge is 0.382 e. The van der Waals surface area contributed by atoms with E-state index in [0.717, 1.165) is 5.69 Å². The molecule has 100 valence electrons. The molecular formula is C14H10Cl2N4. The Bertz CT molecular complexity index is 733. The highest BCUT2D eigenvalue weighted by Crippen LogP contribution is 2.41. The number of pyridine rings is 1. The van der Waals surface area contributed by atoms with Crippen molar-refractivity contribution in [3.63, 3.8) is 0 Å². The van der Waals surface area contributed by atoms with Crippen LogP contribution in [0.15, 0.2) is 42.6 Å². The second kappa shape index (κ2) is 5.15. The number of aromatic amines is 1. The number of nitrogens with two attached hydrogens (primary N) is 1. The topological polar surface area (TPSA) is 67.6 Å². The third kappa shape index (κ3) is 2.13. The second-order valence-electron chi connectivity index (χ2n) is 4.17. The monoisotopic (exact) mass is 304 g/mol. The normalized spacial score (nSPS) is 10.7. The minimum Gasteiger partial charge on any atom is -0.382 e. The number of H-pyrrole nitrogens is 1. The van der Waals surface area contributed by atoms with Crippen molar-refractivity contribution in [2.45, 2.75) is 0 Å². The van der Waals surface area contributed by atoms with E-state index in [2.05, 4.69) is 15.2 Å². The Labute approximate surface area is 125 Å². The van der Waals surface area contributed by atoms with Crippen LogP contribution in [0.25, 0.3) is 22.5 Å². The van der Waals surface area contributed by atoms with E-state index in [1.165, 1.54) is 0 Å². The van der Waals surface area contributed by atoms with Gasteiger partial charge in [0.05, 0.1) is 27.0 Å². The molecule has 3 aromatic rings. The van der Waals surface area contributed by atoms with Crippen molar-refractivity contribution in [3.8, 4) is 22.5 Å². The Morgan fingerprint density at radius 1 is 0.950 bits per heavy atom. The van der Waals surface area contributed by atoms with Crippen LogP contribution in [-0.4, -0.2) is 15.2 Å². The molecule has 0 aliphatic heterocycles. The Balaban J connectivity index is 2.28. The summed E-state index contributed by atoms with van der Waals surface area (Å²) in [6.45, 7) is 0. The van der Waals surface area contributed by atoms with E-state index in [1.54, 1.807) is 24.4 Å². The Kier molecular flexibility index (Phi) is 3.34. The molecule has 2 aromatic heterocycles. The summed E-state index contributed by atoms with van der Waals surface area (Å²) in [5.41, 5.74) is 8.70. The highest BCUT2D eigenvalue weighted by Gasteiger charge is 2.20. The summed E-state index contributed by atoms with van der Waals surface area (Å²) in [6, 6.07) is 10.9. The fourth-order valence-electron chi connectivity index (χ4n) is 2.04. The number of nitrogens with zero attached hydrogens (tertiary/aromatic N) is 2. The molecule has 0 amide bonds. The van der Waals surface area contributed by atoms with E-state index in [4.69, 9.17) is 28.9 Å². The van der Waals surface area contributed by atoms with Crippen LogP contribution in [0, 0.1) is 0 Å². The molecule has 4 nitrogen and oxygen atoms in total. The number of nitrogen functional groups attached to an aromatic ring is 1. The maximum Gasteiger partial charge on any atom is 0.153 e. The summed E-state index contributed by atoms with van der Waals surface area (Å²) in [5.74, 6) is 0.334. The predicted octanol–water partition coefficient (Wildman–Crippen LogP) is 4.03. The van der Waals surface area contributed by atoms with Gasteiger partial charge in [-0.3, -0.25) is 10.1 Å². The molecule has 0 radical (unpaired) electrons. The summed E-state index contributed by atoms with van der Waals surface area (Å²) in [6.07, 6.45) is 1.70. The van der Waals surface area contributed by atoms with E-state index in [1.807, 2.05) is 18.2 Å².